The number of benzene rings is 1. The molecule has 0 radical (unpaired) electrons. The van der Waals surface area contributed by atoms with Gasteiger partial charge in [-0.1, -0.05) is 30.8 Å². The van der Waals surface area contributed by atoms with Gasteiger partial charge >= 0.3 is 6.18 Å². The Morgan fingerprint density at radius 1 is 1.26 bits per heavy atom. The molecule has 1 atom stereocenters. The van der Waals surface area contributed by atoms with Crippen molar-refractivity contribution >= 4 is 27.3 Å². The van der Waals surface area contributed by atoms with Crippen molar-refractivity contribution in [3.63, 3.8) is 0 Å². The largest absolute Gasteiger partial charge is 0.434 e. The van der Waals surface area contributed by atoms with Crippen LogP contribution in [0.1, 0.15) is 18.2 Å². The first kappa shape index (κ1) is 21.6. The fraction of sp³-hybridized carbons (Fsp3) is 0.273. The highest BCUT2D eigenvalue weighted by Crippen LogP contribution is 2.33. The zero-order valence-corrected chi connectivity index (χ0v) is 18.2. The van der Waals surface area contributed by atoms with Gasteiger partial charge in [0.05, 0.1) is 12.7 Å². The molecule has 9 heteroatoms. The molecule has 1 aliphatic heterocycles. The second kappa shape index (κ2) is 8.12. The summed E-state index contributed by atoms with van der Waals surface area (Å²) in [6, 6.07) is 10.6. The van der Waals surface area contributed by atoms with Crippen LogP contribution < -0.4 is 5.56 Å². The van der Waals surface area contributed by atoms with Crippen molar-refractivity contribution in [2.24, 2.45) is 0 Å². The van der Waals surface area contributed by atoms with Crippen LogP contribution in [0, 0.1) is 0 Å². The number of aromatic nitrogens is 2. The van der Waals surface area contributed by atoms with Crippen LogP contribution in [-0.2, 0) is 10.9 Å². The minimum absolute atomic E-state index is 0.0587. The standard InChI is InChI=1S/C22H19BrF3N3O2/c1-13-12-28(10-11-31-13)14(2)15-5-7-16(8-6-15)17-4-3-9-29-20(17)27-19(22(24,25)26)18(23)21(29)30/h3-9,13H,2,10-12H2,1H3/t13-/m0/s1. The van der Waals surface area contributed by atoms with Crippen LogP contribution in [0.15, 0.2) is 58.4 Å². The van der Waals surface area contributed by atoms with E-state index in [1.165, 1.54) is 6.20 Å². The van der Waals surface area contributed by atoms with Crippen molar-refractivity contribution in [1.29, 1.82) is 0 Å². The van der Waals surface area contributed by atoms with E-state index < -0.39 is 21.9 Å². The maximum absolute atomic E-state index is 13.4. The Labute approximate surface area is 184 Å². The van der Waals surface area contributed by atoms with Gasteiger partial charge in [-0.3, -0.25) is 9.20 Å². The maximum atomic E-state index is 13.4. The molecule has 0 bridgehead atoms. The fourth-order valence-electron chi connectivity index (χ4n) is 3.64. The van der Waals surface area contributed by atoms with Crippen LogP contribution >= 0.6 is 15.9 Å². The zero-order valence-electron chi connectivity index (χ0n) is 16.6. The summed E-state index contributed by atoms with van der Waals surface area (Å²) in [5.74, 6) is 0. The fourth-order valence-corrected chi connectivity index (χ4v) is 4.15. The van der Waals surface area contributed by atoms with Gasteiger partial charge in [0.1, 0.15) is 10.1 Å². The second-order valence-electron chi connectivity index (χ2n) is 7.34. The summed E-state index contributed by atoms with van der Waals surface area (Å²) >= 11 is 2.75. The summed E-state index contributed by atoms with van der Waals surface area (Å²) in [4.78, 5) is 18.4. The van der Waals surface area contributed by atoms with E-state index in [0.717, 1.165) is 28.8 Å². The van der Waals surface area contributed by atoms with E-state index in [1.807, 2.05) is 19.1 Å². The van der Waals surface area contributed by atoms with E-state index in [1.54, 1.807) is 24.3 Å². The van der Waals surface area contributed by atoms with E-state index in [0.29, 0.717) is 17.7 Å². The van der Waals surface area contributed by atoms with Crippen LogP contribution in [0.3, 0.4) is 0 Å². The molecule has 0 unspecified atom stereocenters. The Morgan fingerprint density at radius 3 is 2.61 bits per heavy atom. The molecule has 3 aromatic rings. The Bertz CT molecular complexity index is 1210. The van der Waals surface area contributed by atoms with Gasteiger partial charge in [-0.05, 0) is 46.1 Å². The third-order valence-electron chi connectivity index (χ3n) is 5.22. The molecular formula is C22H19BrF3N3O2. The number of halogens is 4. The van der Waals surface area contributed by atoms with Gasteiger partial charge in [0, 0.05) is 30.5 Å². The lowest BCUT2D eigenvalue weighted by Crippen LogP contribution is -2.39. The first-order valence-electron chi connectivity index (χ1n) is 9.61. The molecule has 0 amide bonds. The minimum atomic E-state index is -4.75. The number of pyridine rings is 1. The predicted octanol–water partition coefficient (Wildman–Crippen LogP) is 4.83. The SMILES string of the molecule is C=C(c1ccc(-c2cccn3c(=O)c(Br)c(C(F)(F)F)nc23)cc1)N1CCO[C@@H](C)C1. The topological polar surface area (TPSA) is 46.8 Å². The van der Waals surface area contributed by atoms with Crippen LogP contribution in [0.25, 0.3) is 22.5 Å². The van der Waals surface area contributed by atoms with Crippen molar-refractivity contribution < 1.29 is 17.9 Å². The van der Waals surface area contributed by atoms with Crippen molar-refractivity contribution in [3.05, 3.63) is 75.3 Å². The molecule has 0 N–H and O–H groups in total. The summed E-state index contributed by atoms with van der Waals surface area (Å²) < 4.78 is 46.2. The van der Waals surface area contributed by atoms with Crippen molar-refractivity contribution in [2.45, 2.75) is 19.2 Å². The van der Waals surface area contributed by atoms with Crippen molar-refractivity contribution in [3.8, 4) is 11.1 Å². The van der Waals surface area contributed by atoms with Crippen LogP contribution in [-0.4, -0.2) is 40.1 Å². The van der Waals surface area contributed by atoms with Gasteiger partial charge < -0.3 is 9.64 Å². The summed E-state index contributed by atoms with van der Waals surface area (Å²) in [5, 5.41) is 0. The summed E-state index contributed by atoms with van der Waals surface area (Å²) in [5.41, 5.74) is 0.722. The average Bonchev–Trinajstić information content (AvgIpc) is 2.74. The zero-order chi connectivity index (χ0) is 22.3. The number of morpholine rings is 1. The predicted molar refractivity (Wildman–Crippen MR) is 116 cm³/mol. The van der Waals surface area contributed by atoms with Gasteiger partial charge in [0.25, 0.3) is 5.56 Å². The quantitative estimate of drug-likeness (QED) is 0.524. The molecule has 2 aromatic heterocycles. The van der Waals surface area contributed by atoms with Gasteiger partial charge in [-0.2, -0.15) is 13.2 Å². The van der Waals surface area contributed by atoms with Gasteiger partial charge in [-0.25, -0.2) is 4.98 Å². The number of ether oxygens (including phenoxy) is 1. The molecule has 5 nitrogen and oxygen atoms in total. The molecule has 0 spiro atoms. The molecule has 1 aromatic carbocycles. The molecular weight excluding hydrogens is 475 g/mol. The third-order valence-corrected chi connectivity index (χ3v) is 5.93. The lowest BCUT2D eigenvalue weighted by atomic mass is 10.0. The summed E-state index contributed by atoms with van der Waals surface area (Å²) in [6.45, 7) is 8.30. The Hall–Kier alpha value is -2.65. The highest BCUT2D eigenvalue weighted by molar-refractivity contribution is 9.10. The van der Waals surface area contributed by atoms with Gasteiger partial charge in [0.15, 0.2) is 5.69 Å². The second-order valence-corrected chi connectivity index (χ2v) is 8.14. The minimum Gasteiger partial charge on any atom is -0.375 e. The van der Waals surface area contributed by atoms with E-state index in [9.17, 15) is 18.0 Å². The number of fused-ring (bicyclic) bond motifs is 1. The summed E-state index contributed by atoms with van der Waals surface area (Å²) in [7, 11) is 0. The number of hydrogen-bond acceptors (Lipinski definition) is 4. The molecule has 0 saturated carbocycles. The number of alkyl halides is 3. The number of nitrogens with zero attached hydrogens (tertiary/aromatic N) is 3. The molecule has 4 rings (SSSR count). The average molecular weight is 494 g/mol. The molecule has 0 aliphatic carbocycles. The van der Waals surface area contributed by atoms with E-state index in [2.05, 4.69) is 32.4 Å². The number of rotatable bonds is 3. The third kappa shape index (κ3) is 4.12. The maximum Gasteiger partial charge on any atom is 0.434 e. The van der Waals surface area contributed by atoms with Crippen LogP contribution in [0.4, 0.5) is 13.2 Å². The van der Waals surface area contributed by atoms with Crippen molar-refractivity contribution in [1.82, 2.24) is 14.3 Å². The molecule has 31 heavy (non-hydrogen) atoms. The Morgan fingerprint density at radius 2 is 1.97 bits per heavy atom. The normalized spacial score (nSPS) is 17.2. The molecule has 3 heterocycles. The monoisotopic (exact) mass is 493 g/mol. The van der Waals surface area contributed by atoms with E-state index >= 15 is 0 Å². The van der Waals surface area contributed by atoms with Crippen LogP contribution in [0.5, 0.6) is 0 Å². The van der Waals surface area contributed by atoms with E-state index in [4.69, 9.17) is 4.74 Å². The highest BCUT2D eigenvalue weighted by atomic mass is 79.9. The first-order valence-corrected chi connectivity index (χ1v) is 10.4. The Kier molecular flexibility index (Phi) is 5.65. The molecule has 1 fully saturated rings. The number of hydrogen-bond donors (Lipinski definition) is 0. The van der Waals surface area contributed by atoms with Crippen LogP contribution in [0.2, 0.25) is 0 Å². The lowest BCUT2D eigenvalue weighted by molar-refractivity contribution is -0.141. The molecule has 162 valence electrons. The van der Waals surface area contributed by atoms with E-state index in [-0.39, 0.29) is 11.8 Å². The molecule has 1 aliphatic rings. The summed E-state index contributed by atoms with van der Waals surface area (Å²) in [6.07, 6.45) is -3.24. The Balaban J connectivity index is 1.75. The first-order chi connectivity index (χ1) is 14.7. The highest BCUT2D eigenvalue weighted by Gasteiger charge is 2.37. The molecule has 1 saturated heterocycles. The van der Waals surface area contributed by atoms with Gasteiger partial charge in [0.2, 0.25) is 0 Å². The lowest BCUT2D eigenvalue weighted by Gasteiger charge is -2.34. The smallest absolute Gasteiger partial charge is 0.375 e. The van der Waals surface area contributed by atoms with Gasteiger partial charge in [-0.15, -0.1) is 0 Å². The van der Waals surface area contributed by atoms with Crippen molar-refractivity contribution in [2.75, 3.05) is 19.7 Å².